The quantitative estimate of drug-likeness (QED) is 0.142. The van der Waals surface area contributed by atoms with Gasteiger partial charge in [0.05, 0.1) is 34.7 Å². The van der Waals surface area contributed by atoms with E-state index in [0.29, 0.717) is 11.8 Å². The second-order valence-corrected chi connectivity index (χ2v) is 11.6. The Morgan fingerprint density at radius 3 is 1.38 bits per heavy atom. The van der Waals surface area contributed by atoms with Crippen LogP contribution in [0.4, 0.5) is 0 Å². The van der Waals surface area contributed by atoms with Crippen molar-refractivity contribution in [2.75, 3.05) is 0 Å². The molecule has 5 aromatic rings. The Morgan fingerprint density at radius 2 is 1.00 bits per heavy atom. The van der Waals surface area contributed by atoms with Gasteiger partial charge >= 0.3 is 0 Å². The predicted molar refractivity (Wildman–Crippen MR) is 171 cm³/mol. The Kier molecular flexibility index (Phi) is 9.36. The molecule has 0 saturated carbocycles. The van der Waals surface area contributed by atoms with Gasteiger partial charge in [-0.1, -0.05) is 115 Å². The maximum Gasteiger partial charge on any atom is 0.0958 e. The van der Waals surface area contributed by atoms with Crippen LogP contribution in [0.25, 0.3) is 44.3 Å². The highest BCUT2D eigenvalue weighted by Crippen LogP contribution is 2.34. The van der Waals surface area contributed by atoms with Crippen LogP contribution < -0.4 is 0 Å². The first-order valence-corrected chi connectivity index (χ1v) is 15.6. The monoisotopic (exact) mass is 534 g/mol. The van der Waals surface area contributed by atoms with Crippen molar-refractivity contribution < 1.29 is 0 Å². The molecule has 0 fully saturated rings. The summed E-state index contributed by atoms with van der Waals surface area (Å²) in [7, 11) is 0. The van der Waals surface area contributed by atoms with Crippen LogP contribution in [0, 0.1) is 11.8 Å². The topological polar surface area (TPSA) is 35.6 Å². The zero-order chi connectivity index (χ0) is 27.9. The summed E-state index contributed by atoms with van der Waals surface area (Å²) in [6, 6.07) is 22.2. The van der Waals surface area contributed by atoms with E-state index in [9.17, 15) is 0 Å². The average molecular weight is 535 g/mol. The van der Waals surface area contributed by atoms with Gasteiger partial charge in [0.15, 0.2) is 0 Å². The lowest BCUT2D eigenvalue weighted by molar-refractivity contribution is 0.395. The predicted octanol–water partition coefficient (Wildman–Crippen LogP) is 10.2. The highest BCUT2D eigenvalue weighted by atomic mass is 15.1. The maximum absolute atomic E-state index is 4.78. The van der Waals surface area contributed by atoms with Gasteiger partial charge in [0.1, 0.15) is 0 Å². The molecule has 40 heavy (non-hydrogen) atoms. The van der Waals surface area contributed by atoms with Crippen LogP contribution >= 0.6 is 0 Å². The van der Waals surface area contributed by atoms with Gasteiger partial charge in [-0.3, -0.25) is 0 Å². The highest BCUT2D eigenvalue weighted by Gasteiger charge is 2.16. The van der Waals surface area contributed by atoms with Crippen LogP contribution in [0.15, 0.2) is 73.3 Å². The third-order valence-electron chi connectivity index (χ3n) is 8.78. The molecule has 0 aliphatic rings. The Bertz CT molecular complexity index is 1390. The second-order valence-electron chi connectivity index (χ2n) is 11.6. The van der Waals surface area contributed by atoms with Gasteiger partial charge in [-0.05, 0) is 47.9 Å². The van der Waals surface area contributed by atoms with Crippen molar-refractivity contribution in [1.82, 2.24) is 19.1 Å². The van der Waals surface area contributed by atoms with Crippen molar-refractivity contribution in [3.05, 3.63) is 73.3 Å². The molecule has 5 rings (SSSR count). The molecule has 2 heterocycles. The molecule has 0 amide bonds. The molecule has 210 valence electrons. The molecule has 0 N–H and O–H groups in total. The number of aromatic nitrogens is 4. The molecule has 4 heteroatoms. The number of para-hydroxylation sites is 2. The minimum absolute atomic E-state index is 0.687. The van der Waals surface area contributed by atoms with E-state index in [1.54, 1.807) is 0 Å². The summed E-state index contributed by atoms with van der Waals surface area (Å²) in [5.74, 6) is 1.37. The smallest absolute Gasteiger partial charge is 0.0958 e. The average Bonchev–Trinajstić information content (AvgIpc) is 3.61. The van der Waals surface area contributed by atoms with Gasteiger partial charge in [-0.15, -0.1) is 0 Å². The molecule has 2 aromatic heterocycles. The molecule has 2 unspecified atom stereocenters. The molecule has 0 spiro atoms. The van der Waals surface area contributed by atoms with Crippen LogP contribution in [-0.2, 0) is 13.1 Å². The van der Waals surface area contributed by atoms with Gasteiger partial charge in [0.25, 0.3) is 0 Å². The molecule has 4 nitrogen and oxygen atoms in total. The largest absolute Gasteiger partial charge is 0.330 e. The lowest BCUT2D eigenvalue weighted by Gasteiger charge is -2.17. The number of hydrogen-bond acceptors (Lipinski definition) is 2. The van der Waals surface area contributed by atoms with E-state index in [0.717, 1.165) is 24.1 Å². The summed E-state index contributed by atoms with van der Waals surface area (Å²) >= 11 is 0. The van der Waals surface area contributed by atoms with E-state index in [-0.39, 0.29) is 0 Å². The van der Waals surface area contributed by atoms with Gasteiger partial charge in [0.2, 0.25) is 0 Å². The summed E-state index contributed by atoms with van der Waals surface area (Å²) in [6.45, 7) is 11.3. The van der Waals surface area contributed by atoms with Crippen molar-refractivity contribution in [2.24, 2.45) is 11.8 Å². The number of fused-ring (bicyclic) bond motifs is 2. The Balaban J connectivity index is 1.47. The summed E-state index contributed by atoms with van der Waals surface area (Å²) < 4.78 is 4.79. The Labute approximate surface area is 240 Å². The van der Waals surface area contributed by atoms with Crippen LogP contribution in [-0.4, -0.2) is 19.1 Å². The fourth-order valence-electron chi connectivity index (χ4n) is 6.22. The molecular weight excluding hydrogens is 488 g/mol. The van der Waals surface area contributed by atoms with E-state index in [2.05, 4.69) is 97.5 Å². The number of rotatable bonds is 14. The maximum atomic E-state index is 4.78. The van der Waals surface area contributed by atoms with E-state index >= 15 is 0 Å². The van der Waals surface area contributed by atoms with Gasteiger partial charge in [-0.2, -0.15) is 0 Å². The number of hydrogen-bond donors (Lipinski definition) is 0. The van der Waals surface area contributed by atoms with Crippen molar-refractivity contribution in [2.45, 2.75) is 92.2 Å². The number of imidazole rings is 2. The summed E-state index contributed by atoms with van der Waals surface area (Å²) in [4.78, 5) is 9.56. The third-order valence-corrected chi connectivity index (χ3v) is 8.78. The number of nitrogens with zero attached hydrogens (tertiary/aromatic N) is 4. The summed E-state index contributed by atoms with van der Waals surface area (Å²) in [5.41, 5.74) is 9.66. The minimum atomic E-state index is 0.687. The molecule has 0 aliphatic heterocycles. The van der Waals surface area contributed by atoms with Crippen LogP contribution in [0.3, 0.4) is 0 Å². The van der Waals surface area contributed by atoms with Crippen LogP contribution in [0.1, 0.15) is 79.1 Å². The van der Waals surface area contributed by atoms with Crippen LogP contribution in [0.5, 0.6) is 0 Å². The zero-order valence-corrected chi connectivity index (χ0v) is 24.9. The third kappa shape index (κ3) is 6.01. The first kappa shape index (κ1) is 28.1. The van der Waals surface area contributed by atoms with E-state index in [1.165, 1.54) is 84.7 Å². The minimum Gasteiger partial charge on any atom is -0.330 e. The van der Waals surface area contributed by atoms with E-state index in [1.807, 2.05) is 12.7 Å². The molecule has 0 bridgehead atoms. The second kappa shape index (κ2) is 13.3. The molecular formula is C36H46N4. The SMILES string of the molecule is CCCCC(CC)Cn1cnc2cccc(-c3ccc(-c4cccc5ncn(CC(CC)CCCC)c45)cc3)c21. The van der Waals surface area contributed by atoms with Crippen molar-refractivity contribution >= 4 is 22.1 Å². The lowest BCUT2D eigenvalue weighted by atomic mass is 9.97. The molecule has 3 aromatic carbocycles. The first-order valence-electron chi connectivity index (χ1n) is 15.6. The first-order chi connectivity index (χ1) is 19.7. The Morgan fingerprint density at radius 1 is 0.575 bits per heavy atom. The fourth-order valence-corrected chi connectivity index (χ4v) is 6.22. The van der Waals surface area contributed by atoms with E-state index < -0.39 is 0 Å². The highest BCUT2D eigenvalue weighted by molar-refractivity contribution is 5.95. The van der Waals surface area contributed by atoms with Crippen LogP contribution in [0.2, 0.25) is 0 Å². The van der Waals surface area contributed by atoms with E-state index in [4.69, 9.17) is 9.97 Å². The molecule has 0 saturated heterocycles. The zero-order valence-electron chi connectivity index (χ0n) is 24.9. The number of unbranched alkanes of at least 4 members (excludes halogenated alkanes) is 2. The van der Waals surface area contributed by atoms with Crippen molar-refractivity contribution in [3.63, 3.8) is 0 Å². The number of benzene rings is 3. The standard InChI is InChI=1S/C36H46N4/c1-5-9-13-27(7-3)23-39-25-37-33-17-11-15-31(35(33)39)29-19-21-30(22-20-29)32-16-12-18-34-36(32)40(26-38-34)24-28(8-4)14-10-6-2/h11-12,15-22,25-28H,5-10,13-14,23-24H2,1-4H3. The van der Waals surface area contributed by atoms with Gasteiger partial charge < -0.3 is 9.13 Å². The fraction of sp³-hybridized carbons (Fsp3) is 0.444. The van der Waals surface area contributed by atoms with Crippen molar-refractivity contribution in [3.8, 4) is 22.3 Å². The molecule has 0 radical (unpaired) electrons. The van der Waals surface area contributed by atoms with Gasteiger partial charge in [0, 0.05) is 24.2 Å². The lowest BCUT2D eigenvalue weighted by Crippen LogP contribution is -2.10. The summed E-state index contributed by atoms with van der Waals surface area (Å²) in [6.07, 6.45) is 14.2. The Hall–Kier alpha value is -3.40. The van der Waals surface area contributed by atoms with Gasteiger partial charge in [-0.25, -0.2) is 9.97 Å². The molecule has 0 aliphatic carbocycles. The summed E-state index contributed by atoms with van der Waals surface area (Å²) in [5, 5.41) is 0. The normalized spacial score (nSPS) is 13.3. The van der Waals surface area contributed by atoms with Crippen molar-refractivity contribution in [1.29, 1.82) is 0 Å². The molecule has 2 atom stereocenters.